The second-order valence-corrected chi connectivity index (χ2v) is 6.10. The lowest BCUT2D eigenvalue weighted by Crippen LogP contribution is -2.42. The van der Waals surface area contributed by atoms with Gasteiger partial charge in [-0.1, -0.05) is 30.3 Å². The van der Waals surface area contributed by atoms with Crippen molar-refractivity contribution in [3.63, 3.8) is 0 Å². The average molecular weight is 370 g/mol. The number of hydrogen-bond acceptors (Lipinski definition) is 3. The Morgan fingerprint density at radius 3 is 2.78 bits per heavy atom. The minimum Gasteiger partial charge on any atom is -0.482 e. The number of anilines is 1. The Morgan fingerprint density at radius 1 is 1.19 bits per heavy atom. The zero-order valence-corrected chi connectivity index (χ0v) is 15.2. The lowest BCUT2D eigenvalue weighted by Gasteiger charge is -2.29. The molecular weight excluding hydrogens is 347 g/mol. The van der Waals surface area contributed by atoms with Crippen molar-refractivity contribution in [3.05, 3.63) is 59.9 Å². The molecule has 0 fully saturated rings. The van der Waals surface area contributed by atoms with E-state index in [2.05, 4.69) is 15.6 Å². The molecule has 2 aromatic carbocycles. The number of carbonyl (C=O) groups is 1. The third-order valence-electron chi connectivity index (χ3n) is 4.29. The summed E-state index contributed by atoms with van der Waals surface area (Å²) < 4.78 is 19.1. The van der Waals surface area contributed by atoms with Crippen molar-refractivity contribution in [3.8, 4) is 5.75 Å². The Kier molecular flexibility index (Phi) is 6.25. The molecule has 0 aliphatic carbocycles. The van der Waals surface area contributed by atoms with E-state index in [-0.39, 0.29) is 18.3 Å². The molecule has 0 radical (unpaired) electrons. The third kappa shape index (κ3) is 4.75. The summed E-state index contributed by atoms with van der Waals surface area (Å²) in [7, 11) is 1.67. The predicted molar refractivity (Wildman–Crippen MR) is 104 cm³/mol. The number of carbonyl (C=O) groups excluding carboxylic acids is 1. The van der Waals surface area contributed by atoms with Gasteiger partial charge in [0.25, 0.3) is 5.91 Å². The number of para-hydroxylation sites is 2. The van der Waals surface area contributed by atoms with E-state index in [0.717, 1.165) is 17.9 Å². The predicted octanol–water partition coefficient (Wildman–Crippen LogP) is 2.31. The molecule has 1 heterocycles. The average Bonchev–Trinajstić information content (AvgIpc) is 2.70. The van der Waals surface area contributed by atoms with Crippen LogP contribution in [-0.4, -0.2) is 38.6 Å². The van der Waals surface area contributed by atoms with Crippen molar-refractivity contribution in [2.75, 3.05) is 31.6 Å². The normalized spacial score (nSPS) is 13.8. The molecule has 0 spiro atoms. The van der Waals surface area contributed by atoms with Crippen LogP contribution in [0.4, 0.5) is 10.1 Å². The molecule has 1 aliphatic heterocycles. The summed E-state index contributed by atoms with van der Waals surface area (Å²) >= 11 is 0. The van der Waals surface area contributed by atoms with Gasteiger partial charge in [0.2, 0.25) is 0 Å². The van der Waals surface area contributed by atoms with Crippen molar-refractivity contribution < 1.29 is 13.9 Å². The largest absolute Gasteiger partial charge is 0.482 e. The first kappa shape index (κ1) is 18.7. The molecule has 6 nitrogen and oxygen atoms in total. The summed E-state index contributed by atoms with van der Waals surface area (Å²) in [6.45, 7) is 1.62. The first-order valence-electron chi connectivity index (χ1n) is 8.89. The van der Waals surface area contributed by atoms with E-state index in [0.29, 0.717) is 31.2 Å². The van der Waals surface area contributed by atoms with Crippen molar-refractivity contribution in [2.24, 2.45) is 4.99 Å². The molecule has 0 aromatic heterocycles. The van der Waals surface area contributed by atoms with Crippen LogP contribution >= 0.6 is 0 Å². The van der Waals surface area contributed by atoms with Crippen LogP contribution in [0.15, 0.2) is 53.5 Å². The van der Waals surface area contributed by atoms with Gasteiger partial charge in [-0.25, -0.2) is 4.39 Å². The molecule has 2 aromatic rings. The Labute approximate surface area is 158 Å². The van der Waals surface area contributed by atoms with Gasteiger partial charge in [-0.15, -0.1) is 0 Å². The van der Waals surface area contributed by atoms with Crippen LogP contribution in [0, 0.1) is 5.82 Å². The first-order valence-corrected chi connectivity index (χ1v) is 8.89. The van der Waals surface area contributed by atoms with Gasteiger partial charge in [-0.3, -0.25) is 9.79 Å². The molecule has 1 amide bonds. The third-order valence-corrected chi connectivity index (χ3v) is 4.29. The number of halogens is 1. The van der Waals surface area contributed by atoms with Gasteiger partial charge in [0, 0.05) is 32.2 Å². The van der Waals surface area contributed by atoms with E-state index in [4.69, 9.17) is 4.74 Å². The Balaban J connectivity index is 1.46. The van der Waals surface area contributed by atoms with Crippen LogP contribution in [-0.2, 0) is 11.3 Å². The fourth-order valence-corrected chi connectivity index (χ4v) is 2.88. The molecule has 0 atom stereocenters. The number of hydrogen-bond donors (Lipinski definition) is 2. The van der Waals surface area contributed by atoms with Gasteiger partial charge >= 0.3 is 0 Å². The maximum atomic E-state index is 13.7. The van der Waals surface area contributed by atoms with E-state index in [1.165, 1.54) is 6.07 Å². The quantitative estimate of drug-likeness (QED) is 0.465. The number of fused-ring (bicyclic) bond motifs is 1. The highest BCUT2D eigenvalue weighted by Crippen LogP contribution is 2.31. The highest BCUT2D eigenvalue weighted by atomic mass is 19.1. The van der Waals surface area contributed by atoms with Gasteiger partial charge in [0.15, 0.2) is 12.6 Å². The number of nitrogens with one attached hydrogen (secondary N) is 2. The molecule has 7 heteroatoms. The lowest BCUT2D eigenvalue weighted by atomic mass is 10.2. The molecule has 0 unspecified atom stereocenters. The lowest BCUT2D eigenvalue weighted by molar-refractivity contribution is -0.121. The van der Waals surface area contributed by atoms with E-state index in [1.807, 2.05) is 24.3 Å². The fourth-order valence-electron chi connectivity index (χ4n) is 2.88. The minimum atomic E-state index is -0.245. The van der Waals surface area contributed by atoms with E-state index in [9.17, 15) is 9.18 Å². The summed E-state index contributed by atoms with van der Waals surface area (Å²) in [5.74, 6) is 1.03. The monoisotopic (exact) mass is 370 g/mol. The summed E-state index contributed by atoms with van der Waals surface area (Å²) in [5, 5.41) is 6.27. The molecule has 3 rings (SSSR count). The molecule has 2 N–H and O–H groups in total. The number of amides is 1. The first-order chi connectivity index (χ1) is 13.2. The molecule has 0 saturated carbocycles. The van der Waals surface area contributed by atoms with Crippen LogP contribution in [0.2, 0.25) is 0 Å². The van der Waals surface area contributed by atoms with Gasteiger partial charge in [0.05, 0.1) is 5.69 Å². The Hall–Kier alpha value is -3.09. The highest BCUT2D eigenvalue weighted by molar-refractivity contribution is 5.97. The Bertz CT molecular complexity index is 825. The van der Waals surface area contributed by atoms with Gasteiger partial charge < -0.3 is 20.3 Å². The zero-order valence-electron chi connectivity index (χ0n) is 15.2. The molecule has 0 saturated heterocycles. The van der Waals surface area contributed by atoms with Crippen LogP contribution in [0.1, 0.15) is 12.0 Å². The van der Waals surface area contributed by atoms with Crippen LogP contribution in [0.3, 0.4) is 0 Å². The summed E-state index contributed by atoms with van der Waals surface area (Å²) in [6.07, 6.45) is 0.737. The van der Waals surface area contributed by atoms with E-state index in [1.54, 1.807) is 30.1 Å². The van der Waals surface area contributed by atoms with Crippen molar-refractivity contribution in [1.29, 1.82) is 0 Å². The van der Waals surface area contributed by atoms with Crippen molar-refractivity contribution >= 4 is 17.6 Å². The SMILES string of the molecule is CN=C(NCCCN1C(=O)COc2ccccc21)NCc1ccccc1F. The number of guanidine groups is 1. The molecule has 1 aliphatic rings. The number of aliphatic imine (C=N–C) groups is 1. The maximum Gasteiger partial charge on any atom is 0.265 e. The van der Waals surface area contributed by atoms with E-state index >= 15 is 0 Å². The fraction of sp³-hybridized carbons (Fsp3) is 0.300. The molecule has 0 bridgehead atoms. The number of ether oxygens (including phenoxy) is 1. The summed E-state index contributed by atoms with van der Waals surface area (Å²) in [4.78, 5) is 18.0. The highest BCUT2D eigenvalue weighted by Gasteiger charge is 2.24. The molecule has 142 valence electrons. The smallest absolute Gasteiger partial charge is 0.265 e. The second-order valence-electron chi connectivity index (χ2n) is 6.10. The van der Waals surface area contributed by atoms with Gasteiger partial charge in [0.1, 0.15) is 11.6 Å². The second kappa shape index (κ2) is 9.02. The van der Waals surface area contributed by atoms with Crippen LogP contribution in [0.5, 0.6) is 5.75 Å². The van der Waals surface area contributed by atoms with Crippen molar-refractivity contribution in [1.82, 2.24) is 10.6 Å². The summed E-state index contributed by atoms with van der Waals surface area (Å²) in [6, 6.07) is 14.2. The van der Waals surface area contributed by atoms with Gasteiger partial charge in [-0.2, -0.15) is 0 Å². The maximum absolute atomic E-state index is 13.7. The topological polar surface area (TPSA) is 66.0 Å². The number of benzene rings is 2. The number of rotatable bonds is 6. The Morgan fingerprint density at radius 2 is 1.96 bits per heavy atom. The molecular formula is C20H23FN4O2. The zero-order chi connectivity index (χ0) is 19.1. The van der Waals surface area contributed by atoms with Gasteiger partial charge in [-0.05, 0) is 24.6 Å². The summed E-state index contributed by atoms with van der Waals surface area (Å²) in [5.41, 5.74) is 1.38. The van der Waals surface area contributed by atoms with E-state index < -0.39 is 0 Å². The standard InChI is InChI=1S/C20H23FN4O2/c1-22-20(24-13-15-7-2-3-8-16(15)21)23-11-6-12-25-17-9-4-5-10-18(17)27-14-19(25)26/h2-5,7-10H,6,11-14H2,1H3,(H2,22,23,24). The minimum absolute atomic E-state index is 0.0456. The number of nitrogens with zero attached hydrogens (tertiary/aromatic N) is 2. The van der Waals surface area contributed by atoms with Crippen LogP contribution < -0.4 is 20.3 Å². The van der Waals surface area contributed by atoms with Crippen molar-refractivity contribution in [2.45, 2.75) is 13.0 Å². The molecule has 27 heavy (non-hydrogen) atoms. The van der Waals surface area contributed by atoms with Crippen LogP contribution in [0.25, 0.3) is 0 Å².